The molecule has 1 aliphatic rings. The van der Waals surface area contributed by atoms with E-state index in [1.807, 2.05) is 12.1 Å². The molecule has 0 spiro atoms. The van der Waals surface area contributed by atoms with Crippen LogP contribution in [0.2, 0.25) is 0 Å². The second-order valence-electron chi connectivity index (χ2n) is 7.24. The Labute approximate surface area is 157 Å². The number of rotatable bonds is 7. The van der Waals surface area contributed by atoms with Crippen molar-refractivity contribution in [3.63, 3.8) is 0 Å². The molecule has 1 N–H and O–H groups in total. The van der Waals surface area contributed by atoms with Gasteiger partial charge in [0, 0.05) is 38.4 Å². The number of aliphatic hydroxyl groups excluding tert-OH is 1. The van der Waals surface area contributed by atoms with Crippen molar-refractivity contribution < 1.29 is 9.84 Å². The van der Waals surface area contributed by atoms with Crippen molar-refractivity contribution in [2.24, 2.45) is 0 Å². The number of anilines is 1. The van der Waals surface area contributed by atoms with E-state index in [0.717, 1.165) is 44.9 Å². The maximum atomic E-state index is 10.2. The first-order valence-electron chi connectivity index (χ1n) is 9.51. The lowest BCUT2D eigenvalue weighted by molar-refractivity contribution is 0.0866. The lowest BCUT2D eigenvalue weighted by atomic mass is 10.1. The molecule has 1 heterocycles. The molecule has 1 unspecified atom stereocenters. The van der Waals surface area contributed by atoms with Crippen LogP contribution >= 0.6 is 0 Å². The minimum Gasteiger partial charge on any atom is -0.491 e. The normalized spacial score (nSPS) is 16.5. The highest BCUT2D eigenvalue weighted by atomic mass is 16.5. The average molecular weight is 354 g/mol. The molecular formula is C22H30N2O2. The Balaban J connectivity index is 1.37. The van der Waals surface area contributed by atoms with Gasteiger partial charge in [-0.15, -0.1) is 0 Å². The summed E-state index contributed by atoms with van der Waals surface area (Å²) in [6.07, 6.45) is 0.318. The van der Waals surface area contributed by atoms with Crippen LogP contribution < -0.4 is 9.64 Å². The van der Waals surface area contributed by atoms with Gasteiger partial charge in [-0.25, -0.2) is 0 Å². The molecular weight excluding hydrogens is 324 g/mol. The Kier molecular flexibility index (Phi) is 6.53. The number of hydrogen-bond acceptors (Lipinski definition) is 4. The quantitative estimate of drug-likeness (QED) is 0.828. The topological polar surface area (TPSA) is 35.9 Å². The van der Waals surface area contributed by atoms with Gasteiger partial charge in [0.05, 0.1) is 6.10 Å². The number of benzene rings is 2. The monoisotopic (exact) mass is 354 g/mol. The maximum Gasteiger partial charge on any atom is 0.119 e. The third-order valence-electron chi connectivity index (χ3n) is 4.91. The Morgan fingerprint density at radius 3 is 2.27 bits per heavy atom. The van der Waals surface area contributed by atoms with E-state index in [0.29, 0.717) is 6.61 Å². The van der Waals surface area contributed by atoms with Crippen molar-refractivity contribution in [3.8, 4) is 5.75 Å². The van der Waals surface area contributed by atoms with Gasteiger partial charge in [0.2, 0.25) is 0 Å². The number of para-hydroxylation sites is 1. The molecule has 1 aliphatic heterocycles. The van der Waals surface area contributed by atoms with Crippen LogP contribution in [-0.4, -0.2) is 55.4 Å². The first-order chi connectivity index (χ1) is 12.6. The molecule has 4 heteroatoms. The molecule has 1 saturated heterocycles. The van der Waals surface area contributed by atoms with E-state index in [1.165, 1.54) is 16.8 Å². The van der Waals surface area contributed by atoms with E-state index in [1.54, 1.807) is 0 Å². The number of aryl methyl sites for hydroxylation is 2. The second-order valence-corrected chi connectivity index (χ2v) is 7.24. The molecule has 4 nitrogen and oxygen atoms in total. The molecule has 1 atom stereocenters. The molecule has 2 aromatic rings. The zero-order valence-electron chi connectivity index (χ0n) is 15.9. The molecule has 0 radical (unpaired) electrons. The molecule has 0 saturated carbocycles. The van der Waals surface area contributed by atoms with Crippen LogP contribution in [0.5, 0.6) is 5.75 Å². The van der Waals surface area contributed by atoms with Crippen molar-refractivity contribution >= 4 is 5.69 Å². The number of hydrogen-bond donors (Lipinski definition) is 1. The van der Waals surface area contributed by atoms with Crippen LogP contribution in [0.15, 0.2) is 48.5 Å². The molecule has 0 aliphatic carbocycles. The third kappa shape index (κ3) is 5.48. The Bertz CT molecular complexity index is 662. The van der Waals surface area contributed by atoms with E-state index in [2.05, 4.69) is 60.0 Å². The van der Waals surface area contributed by atoms with Crippen LogP contribution in [0.3, 0.4) is 0 Å². The number of ether oxygens (including phenoxy) is 1. The van der Waals surface area contributed by atoms with Crippen LogP contribution in [0.1, 0.15) is 17.5 Å². The van der Waals surface area contributed by atoms with Gasteiger partial charge in [-0.2, -0.15) is 0 Å². The molecule has 1 fully saturated rings. The largest absolute Gasteiger partial charge is 0.491 e. The predicted octanol–water partition coefficient (Wildman–Crippen LogP) is 3.26. The molecule has 0 bridgehead atoms. The van der Waals surface area contributed by atoms with Gasteiger partial charge in [0.1, 0.15) is 12.4 Å². The molecule has 0 aromatic heterocycles. The van der Waals surface area contributed by atoms with E-state index in [9.17, 15) is 5.11 Å². The number of nitrogens with zero attached hydrogens (tertiary/aromatic N) is 2. The van der Waals surface area contributed by atoms with Crippen molar-refractivity contribution in [2.75, 3.05) is 44.2 Å². The van der Waals surface area contributed by atoms with Gasteiger partial charge in [-0.3, -0.25) is 4.90 Å². The van der Waals surface area contributed by atoms with Crippen LogP contribution in [0.4, 0.5) is 5.69 Å². The van der Waals surface area contributed by atoms with Crippen LogP contribution in [0, 0.1) is 13.8 Å². The predicted molar refractivity (Wildman–Crippen MR) is 107 cm³/mol. The summed E-state index contributed by atoms with van der Waals surface area (Å²) in [5.74, 6) is 0.845. The summed E-state index contributed by atoms with van der Waals surface area (Å²) < 4.78 is 5.77. The van der Waals surface area contributed by atoms with Gasteiger partial charge in [-0.1, -0.05) is 24.3 Å². The maximum absolute atomic E-state index is 10.2. The van der Waals surface area contributed by atoms with Crippen molar-refractivity contribution in [1.82, 2.24) is 4.90 Å². The second kappa shape index (κ2) is 9.06. The van der Waals surface area contributed by atoms with E-state index >= 15 is 0 Å². The van der Waals surface area contributed by atoms with Crippen LogP contribution in [0.25, 0.3) is 0 Å². The van der Waals surface area contributed by atoms with Gasteiger partial charge < -0.3 is 14.7 Å². The lowest BCUT2D eigenvalue weighted by Gasteiger charge is -2.36. The Morgan fingerprint density at radius 2 is 1.62 bits per heavy atom. The Morgan fingerprint density at radius 1 is 0.962 bits per heavy atom. The summed E-state index contributed by atoms with van der Waals surface area (Å²) in [6, 6.07) is 16.7. The zero-order valence-corrected chi connectivity index (χ0v) is 15.9. The van der Waals surface area contributed by atoms with Crippen molar-refractivity contribution in [2.45, 2.75) is 26.4 Å². The fourth-order valence-electron chi connectivity index (χ4n) is 3.49. The Hall–Kier alpha value is -2.04. The fourth-order valence-corrected chi connectivity index (χ4v) is 3.49. The van der Waals surface area contributed by atoms with Crippen molar-refractivity contribution in [1.29, 1.82) is 0 Å². The molecule has 26 heavy (non-hydrogen) atoms. The average Bonchev–Trinajstić information content (AvgIpc) is 2.65. The standard InChI is InChI=1S/C22H30N2O2/c1-18-14-19(2)16-22(15-18)26-17-21(25)8-9-23-10-12-24(13-11-23)20-6-4-3-5-7-20/h3-7,14-16,21,25H,8-13,17H2,1-2H3. The van der Waals surface area contributed by atoms with Gasteiger partial charge >= 0.3 is 0 Å². The summed E-state index contributed by atoms with van der Waals surface area (Å²) in [5.41, 5.74) is 3.67. The van der Waals surface area contributed by atoms with Gasteiger partial charge in [-0.05, 0) is 55.7 Å². The zero-order chi connectivity index (χ0) is 18.4. The smallest absolute Gasteiger partial charge is 0.119 e. The molecule has 0 amide bonds. The highest BCUT2D eigenvalue weighted by Gasteiger charge is 2.18. The fraction of sp³-hybridized carbons (Fsp3) is 0.455. The third-order valence-corrected chi connectivity index (χ3v) is 4.91. The number of aliphatic hydroxyl groups is 1. The van der Waals surface area contributed by atoms with Gasteiger partial charge in [0.15, 0.2) is 0 Å². The van der Waals surface area contributed by atoms with E-state index in [-0.39, 0.29) is 0 Å². The summed E-state index contributed by atoms with van der Waals surface area (Å²) >= 11 is 0. The summed E-state index contributed by atoms with van der Waals surface area (Å²) in [7, 11) is 0. The van der Waals surface area contributed by atoms with Crippen molar-refractivity contribution in [3.05, 3.63) is 59.7 Å². The summed E-state index contributed by atoms with van der Waals surface area (Å²) in [4.78, 5) is 4.86. The lowest BCUT2D eigenvalue weighted by Crippen LogP contribution is -2.47. The minimum atomic E-state index is -0.428. The van der Waals surface area contributed by atoms with Crippen LogP contribution in [-0.2, 0) is 0 Å². The highest BCUT2D eigenvalue weighted by Crippen LogP contribution is 2.17. The minimum absolute atomic E-state index is 0.354. The summed E-state index contributed by atoms with van der Waals surface area (Å²) in [6.45, 7) is 9.56. The van der Waals surface area contributed by atoms with E-state index < -0.39 is 6.10 Å². The number of piperazine rings is 1. The SMILES string of the molecule is Cc1cc(C)cc(OCC(O)CCN2CCN(c3ccccc3)CC2)c1. The first-order valence-corrected chi connectivity index (χ1v) is 9.51. The molecule has 140 valence electrons. The first kappa shape index (κ1) is 18.7. The van der Waals surface area contributed by atoms with E-state index in [4.69, 9.17) is 4.74 Å². The molecule has 3 rings (SSSR count). The van der Waals surface area contributed by atoms with Gasteiger partial charge in [0.25, 0.3) is 0 Å². The highest BCUT2D eigenvalue weighted by molar-refractivity contribution is 5.46. The molecule has 2 aromatic carbocycles. The summed E-state index contributed by atoms with van der Waals surface area (Å²) in [5, 5.41) is 10.2.